The van der Waals surface area contributed by atoms with E-state index >= 15 is 0 Å². The molecule has 2 atom stereocenters. The molecule has 1 aromatic rings. The van der Waals surface area contributed by atoms with E-state index in [1.807, 2.05) is 13.8 Å². The van der Waals surface area contributed by atoms with E-state index in [2.05, 4.69) is 0 Å². The molecule has 0 saturated carbocycles. The van der Waals surface area contributed by atoms with E-state index in [0.29, 0.717) is 6.42 Å². The molecule has 0 amide bonds. The maximum Gasteiger partial charge on any atom is 0.296 e. The number of hydrogen-bond donors (Lipinski definition) is 0. The lowest BCUT2D eigenvalue weighted by atomic mass is 10.2. The van der Waals surface area contributed by atoms with Crippen LogP contribution >= 0.6 is 0 Å². The average molecular weight is 328 g/mol. The fourth-order valence-corrected chi connectivity index (χ4v) is 3.16. The highest BCUT2D eigenvalue weighted by molar-refractivity contribution is 7.86. The van der Waals surface area contributed by atoms with Gasteiger partial charge in [0.2, 0.25) is 0 Å². The minimum atomic E-state index is -3.69. The minimum absolute atomic E-state index is 0.101. The molecule has 6 heteroatoms. The number of aryl methyl sites for hydroxylation is 1. The zero-order valence-corrected chi connectivity index (χ0v) is 14.0. The third kappa shape index (κ3) is 5.35. The largest absolute Gasteiger partial charge is 0.353 e. The Balaban J connectivity index is 1.75. The summed E-state index contributed by atoms with van der Waals surface area (Å²) in [5.41, 5.74) is 1.01. The minimum Gasteiger partial charge on any atom is -0.353 e. The number of hydrogen-bond acceptors (Lipinski definition) is 5. The third-order valence-corrected chi connectivity index (χ3v) is 4.92. The van der Waals surface area contributed by atoms with Gasteiger partial charge in [-0.15, -0.1) is 0 Å². The van der Waals surface area contributed by atoms with E-state index in [-0.39, 0.29) is 23.9 Å². The Hall–Kier alpha value is -0.950. The van der Waals surface area contributed by atoms with Crippen LogP contribution in [0.25, 0.3) is 0 Å². The third-order valence-electron chi connectivity index (χ3n) is 3.59. The van der Waals surface area contributed by atoms with Crippen molar-refractivity contribution in [2.75, 3.05) is 13.2 Å². The summed E-state index contributed by atoms with van der Waals surface area (Å²) >= 11 is 0. The maximum absolute atomic E-state index is 12.0. The van der Waals surface area contributed by atoms with Crippen molar-refractivity contribution in [3.05, 3.63) is 29.8 Å². The summed E-state index contributed by atoms with van der Waals surface area (Å²) in [4.78, 5) is 0.183. The van der Waals surface area contributed by atoms with Crippen LogP contribution in [0.1, 0.15) is 38.2 Å². The molecule has 1 aromatic carbocycles. The van der Waals surface area contributed by atoms with E-state index in [1.54, 1.807) is 24.3 Å². The lowest BCUT2D eigenvalue weighted by molar-refractivity contribution is -0.186. The second kappa shape index (κ2) is 8.06. The van der Waals surface area contributed by atoms with Gasteiger partial charge in [0, 0.05) is 6.61 Å². The molecule has 22 heavy (non-hydrogen) atoms. The van der Waals surface area contributed by atoms with Crippen LogP contribution in [0.15, 0.2) is 29.2 Å². The van der Waals surface area contributed by atoms with Crippen molar-refractivity contribution in [2.24, 2.45) is 0 Å². The molecular formula is C16H24O5S. The van der Waals surface area contributed by atoms with E-state index in [9.17, 15) is 8.42 Å². The van der Waals surface area contributed by atoms with Crippen LogP contribution in [0.5, 0.6) is 0 Å². The lowest BCUT2D eigenvalue weighted by Crippen LogP contribution is -2.27. The molecule has 2 rings (SSSR count). The monoisotopic (exact) mass is 328 g/mol. The average Bonchev–Trinajstić information content (AvgIpc) is 2.48. The number of rotatable bonds is 7. The van der Waals surface area contributed by atoms with Crippen LogP contribution in [0.4, 0.5) is 0 Å². The van der Waals surface area contributed by atoms with Gasteiger partial charge in [0.15, 0.2) is 6.29 Å². The SMILES string of the molecule is Cc1ccc(S(=O)(=O)OCC[C@@H](C)OC2CCCCO2)cc1. The maximum atomic E-state index is 12.0. The molecular weight excluding hydrogens is 304 g/mol. The first-order chi connectivity index (χ1) is 10.5. The fraction of sp³-hybridized carbons (Fsp3) is 0.625. The van der Waals surface area contributed by atoms with E-state index in [4.69, 9.17) is 13.7 Å². The summed E-state index contributed by atoms with van der Waals surface area (Å²) in [5.74, 6) is 0. The van der Waals surface area contributed by atoms with Crippen molar-refractivity contribution in [3.8, 4) is 0 Å². The van der Waals surface area contributed by atoms with E-state index < -0.39 is 10.1 Å². The Labute approximate surface area is 132 Å². The molecule has 0 spiro atoms. The van der Waals surface area contributed by atoms with Crippen LogP contribution in [0.3, 0.4) is 0 Å². The van der Waals surface area contributed by atoms with Gasteiger partial charge in [-0.2, -0.15) is 8.42 Å². The Morgan fingerprint density at radius 3 is 2.64 bits per heavy atom. The van der Waals surface area contributed by atoms with Gasteiger partial charge in [-0.3, -0.25) is 4.18 Å². The molecule has 124 valence electrons. The highest BCUT2D eigenvalue weighted by Crippen LogP contribution is 2.17. The van der Waals surface area contributed by atoms with Crippen LogP contribution < -0.4 is 0 Å². The van der Waals surface area contributed by atoms with Crippen LogP contribution in [0, 0.1) is 6.92 Å². The molecule has 1 aliphatic rings. The summed E-state index contributed by atoms with van der Waals surface area (Å²) in [7, 11) is -3.69. The van der Waals surface area contributed by atoms with Crippen molar-refractivity contribution < 1.29 is 22.1 Å². The first-order valence-corrected chi connectivity index (χ1v) is 9.11. The zero-order chi connectivity index (χ0) is 16.0. The molecule has 1 unspecified atom stereocenters. The molecule has 0 aromatic heterocycles. The Morgan fingerprint density at radius 2 is 2.00 bits per heavy atom. The summed E-state index contributed by atoms with van der Waals surface area (Å²) < 4.78 is 40.3. The first-order valence-electron chi connectivity index (χ1n) is 7.70. The Kier molecular flexibility index (Phi) is 6.37. The quantitative estimate of drug-likeness (QED) is 0.720. The first kappa shape index (κ1) is 17.4. The normalized spacial score (nSPS) is 20.7. The van der Waals surface area contributed by atoms with Gasteiger partial charge in [-0.05, 0) is 51.7 Å². The van der Waals surface area contributed by atoms with Gasteiger partial charge in [0.25, 0.3) is 10.1 Å². The summed E-state index contributed by atoms with van der Waals surface area (Å²) in [6.45, 7) is 4.64. The van der Waals surface area contributed by atoms with Gasteiger partial charge >= 0.3 is 0 Å². The van der Waals surface area contributed by atoms with Crippen molar-refractivity contribution in [1.29, 1.82) is 0 Å². The molecule has 5 nitrogen and oxygen atoms in total. The molecule has 1 saturated heterocycles. The summed E-state index contributed by atoms with van der Waals surface area (Å²) in [6, 6.07) is 6.62. The molecule has 1 aliphatic heterocycles. The zero-order valence-electron chi connectivity index (χ0n) is 13.2. The molecule has 0 N–H and O–H groups in total. The fourth-order valence-electron chi connectivity index (χ4n) is 2.24. The molecule has 1 heterocycles. The molecule has 0 radical (unpaired) electrons. The Bertz CT molecular complexity index is 546. The molecule has 1 fully saturated rings. The van der Waals surface area contributed by atoms with E-state index in [1.165, 1.54) is 0 Å². The van der Waals surface area contributed by atoms with Gasteiger partial charge in [0.05, 0.1) is 17.6 Å². The van der Waals surface area contributed by atoms with Gasteiger partial charge in [-0.25, -0.2) is 0 Å². The van der Waals surface area contributed by atoms with Gasteiger partial charge < -0.3 is 9.47 Å². The number of ether oxygens (including phenoxy) is 2. The van der Waals surface area contributed by atoms with Crippen molar-refractivity contribution in [1.82, 2.24) is 0 Å². The highest BCUT2D eigenvalue weighted by Gasteiger charge is 2.19. The predicted molar refractivity (Wildman–Crippen MR) is 83.1 cm³/mol. The second-order valence-corrected chi connectivity index (χ2v) is 7.24. The standard InChI is InChI=1S/C16H24O5S/c1-13-6-8-15(9-7-13)22(17,18)20-12-10-14(2)21-16-5-3-4-11-19-16/h6-9,14,16H,3-5,10-12H2,1-2H3/t14-,16?/m1/s1. The van der Waals surface area contributed by atoms with Crippen LogP contribution in [-0.4, -0.2) is 34.0 Å². The smallest absolute Gasteiger partial charge is 0.296 e. The highest BCUT2D eigenvalue weighted by atomic mass is 32.2. The lowest BCUT2D eigenvalue weighted by Gasteiger charge is -2.25. The second-order valence-electron chi connectivity index (χ2n) is 5.62. The predicted octanol–water partition coefficient (Wildman–Crippen LogP) is 3.02. The van der Waals surface area contributed by atoms with Gasteiger partial charge in [-0.1, -0.05) is 17.7 Å². The van der Waals surface area contributed by atoms with Crippen molar-refractivity contribution >= 4 is 10.1 Å². The van der Waals surface area contributed by atoms with Crippen LogP contribution in [-0.2, 0) is 23.8 Å². The summed E-state index contributed by atoms with van der Waals surface area (Å²) in [5, 5.41) is 0. The summed E-state index contributed by atoms with van der Waals surface area (Å²) in [6.07, 6.45) is 3.31. The Morgan fingerprint density at radius 1 is 1.27 bits per heavy atom. The topological polar surface area (TPSA) is 61.8 Å². The molecule has 0 bridgehead atoms. The van der Waals surface area contributed by atoms with E-state index in [0.717, 1.165) is 31.4 Å². The van der Waals surface area contributed by atoms with Gasteiger partial charge in [0.1, 0.15) is 0 Å². The molecule has 0 aliphatic carbocycles. The van der Waals surface area contributed by atoms with Crippen LogP contribution in [0.2, 0.25) is 0 Å². The van der Waals surface area contributed by atoms with Crippen molar-refractivity contribution in [3.63, 3.8) is 0 Å². The number of benzene rings is 1. The van der Waals surface area contributed by atoms with Crippen molar-refractivity contribution in [2.45, 2.75) is 56.8 Å².